The quantitative estimate of drug-likeness (QED) is 0.699. The van der Waals surface area contributed by atoms with Gasteiger partial charge in [-0.25, -0.2) is 0 Å². The van der Waals surface area contributed by atoms with Gasteiger partial charge in [0, 0.05) is 12.1 Å². The molecular weight excluding hydrogens is 248 g/mol. The number of benzene rings is 1. The molecule has 19 heavy (non-hydrogen) atoms. The number of ether oxygens (including phenoxy) is 2. The van der Waals surface area contributed by atoms with E-state index < -0.39 is 0 Å². The maximum Gasteiger partial charge on any atom is 0.196 e. The number of aromatic nitrogens is 4. The van der Waals surface area contributed by atoms with E-state index in [-0.39, 0.29) is 6.04 Å². The predicted molar refractivity (Wildman–Crippen MR) is 68.1 cm³/mol. The van der Waals surface area contributed by atoms with Crippen LogP contribution >= 0.6 is 0 Å². The van der Waals surface area contributed by atoms with Crippen LogP contribution in [-0.4, -0.2) is 33.8 Å². The van der Waals surface area contributed by atoms with E-state index in [9.17, 15) is 0 Å². The SMILES string of the molecule is CC(Nc1cc2c(cc1N)OCCO2)c1nn[nH]n1. The molecule has 0 amide bonds. The van der Waals surface area contributed by atoms with Crippen LogP contribution in [0.25, 0.3) is 0 Å². The Labute approximate surface area is 109 Å². The summed E-state index contributed by atoms with van der Waals surface area (Å²) in [6, 6.07) is 3.45. The average molecular weight is 262 g/mol. The summed E-state index contributed by atoms with van der Waals surface area (Å²) in [6.45, 7) is 3.00. The topological polar surface area (TPSA) is 111 Å². The van der Waals surface area contributed by atoms with Crippen molar-refractivity contribution in [3.8, 4) is 11.5 Å². The summed E-state index contributed by atoms with van der Waals surface area (Å²) in [5.41, 5.74) is 7.32. The highest BCUT2D eigenvalue weighted by Gasteiger charge is 2.17. The van der Waals surface area contributed by atoms with Gasteiger partial charge < -0.3 is 20.5 Å². The highest BCUT2D eigenvalue weighted by molar-refractivity contribution is 5.72. The Kier molecular flexibility index (Phi) is 2.82. The summed E-state index contributed by atoms with van der Waals surface area (Å²) in [7, 11) is 0. The Morgan fingerprint density at radius 3 is 2.74 bits per heavy atom. The first-order chi connectivity index (χ1) is 9.24. The number of fused-ring (bicyclic) bond motifs is 1. The molecule has 3 rings (SSSR count). The molecule has 4 N–H and O–H groups in total. The largest absolute Gasteiger partial charge is 0.486 e. The highest BCUT2D eigenvalue weighted by Crippen LogP contribution is 2.37. The van der Waals surface area contributed by atoms with E-state index in [0.717, 1.165) is 5.69 Å². The Bertz CT molecular complexity index is 571. The van der Waals surface area contributed by atoms with Crippen LogP contribution in [-0.2, 0) is 0 Å². The summed E-state index contributed by atoms with van der Waals surface area (Å²) >= 11 is 0. The van der Waals surface area contributed by atoms with Gasteiger partial charge in [0.15, 0.2) is 17.3 Å². The van der Waals surface area contributed by atoms with E-state index >= 15 is 0 Å². The lowest BCUT2D eigenvalue weighted by Crippen LogP contribution is -2.16. The van der Waals surface area contributed by atoms with Crippen molar-refractivity contribution >= 4 is 11.4 Å². The first kappa shape index (κ1) is 11.6. The van der Waals surface area contributed by atoms with Gasteiger partial charge in [-0.15, -0.1) is 10.2 Å². The smallest absolute Gasteiger partial charge is 0.196 e. The van der Waals surface area contributed by atoms with Crippen LogP contribution in [0.3, 0.4) is 0 Å². The van der Waals surface area contributed by atoms with Crippen molar-refractivity contribution in [2.75, 3.05) is 24.3 Å². The zero-order valence-corrected chi connectivity index (χ0v) is 10.4. The van der Waals surface area contributed by atoms with E-state index in [4.69, 9.17) is 15.2 Å². The number of hydrogen-bond donors (Lipinski definition) is 3. The molecule has 100 valence electrons. The molecule has 1 atom stereocenters. The summed E-state index contributed by atoms with van der Waals surface area (Å²) in [4.78, 5) is 0. The van der Waals surface area contributed by atoms with Crippen LogP contribution in [0.15, 0.2) is 12.1 Å². The number of nitrogens with two attached hydrogens (primary N) is 1. The minimum atomic E-state index is -0.122. The number of H-pyrrole nitrogens is 1. The molecule has 8 nitrogen and oxygen atoms in total. The molecule has 1 aliphatic heterocycles. The van der Waals surface area contributed by atoms with Crippen molar-refractivity contribution in [2.45, 2.75) is 13.0 Å². The van der Waals surface area contributed by atoms with Crippen molar-refractivity contribution < 1.29 is 9.47 Å². The van der Waals surface area contributed by atoms with Crippen molar-refractivity contribution in [3.63, 3.8) is 0 Å². The molecule has 0 saturated heterocycles. The van der Waals surface area contributed by atoms with Crippen LogP contribution in [0.1, 0.15) is 18.8 Å². The van der Waals surface area contributed by atoms with Gasteiger partial charge in [-0.05, 0) is 6.92 Å². The molecule has 0 spiro atoms. The third-order valence-corrected chi connectivity index (χ3v) is 2.84. The summed E-state index contributed by atoms with van der Waals surface area (Å²) in [5, 5.41) is 17.0. The second kappa shape index (κ2) is 4.63. The highest BCUT2D eigenvalue weighted by atomic mass is 16.6. The van der Waals surface area contributed by atoms with Gasteiger partial charge in [-0.2, -0.15) is 5.21 Å². The standard InChI is InChI=1S/C11H14N6O2/c1-6(11-14-16-17-15-11)13-8-5-10-9(4-7(8)12)18-2-3-19-10/h4-6,13H,2-3,12H2,1H3,(H,14,15,16,17). The molecule has 0 bridgehead atoms. The molecule has 8 heteroatoms. The fraction of sp³-hybridized carbons (Fsp3) is 0.364. The summed E-state index contributed by atoms with van der Waals surface area (Å²) < 4.78 is 11.0. The van der Waals surface area contributed by atoms with Crippen molar-refractivity contribution in [2.24, 2.45) is 0 Å². The Morgan fingerprint density at radius 1 is 1.32 bits per heavy atom. The minimum Gasteiger partial charge on any atom is -0.486 e. The third-order valence-electron chi connectivity index (χ3n) is 2.84. The van der Waals surface area contributed by atoms with Gasteiger partial charge in [0.05, 0.1) is 17.4 Å². The molecule has 1 aliphatic rings. The lowest BCUT2D eigenvalue weighted by molar-refractivity contribution is 0.172. The Hall–Kier alpha value is -2.51. The maximum atomic E-state index is 5.98. The molecule has 0 saturated carbocycles. The Balaban J connectivity index is 1.84. The number of tetrazole rings is 1. The Morgan fingerprint density at radius 2 is 2.05 bits per heavy atom. The first-order valence-electron chi connectivity index (χ1n) is 5.93. The van der Waals surface area contributed by atoms with Gasteiger partial charge in [0.25, 0.3) is 0 Å². The molecule has 0 fully saturated rings. The van der Waals surface area contributed by atoms with Crippen molar-refractivity contribution in [3.05, 3.63) is 18.0 Å². The molecule has 1 unspecified atom stereocenters. The molecule has 1 aromatic carbocycles. The zero-order chi connectivity index (χ0) is 13.2. The molecule has 0 aliphatic carbocycles. The van der Waals surface area contributed by atoms with E-state index in [1.165, 1.54) is 0 Å². The van der Waals surface area contributed by atoms with Crippen molar-refractivity contribution in [1.82, 2.24) is 20.6 Å². The van der Waals surface area contributed by atoms with Crippen LogP contribution in [0.4, 0.5) is 11.4 Å². The van der Waals surface area contributed by atoms with E-state index in [1.807, 2.05) is 13.0 Å². The van der Waals surface area contributed by atoms with Gasteiger partial charge in [0.2, 0.25) is 0 Å². The van der Waals surface area contributed by atoms with E-state index in [2.05, 4.69) is 25.9 Å². The number of nitrogens with zero attached hydrogens (tertiary/aromatic N) is 3. The maximum absolute atomic E-state index is 5.98. The lowest BCUT2D eigenvalue weighted by atomic mass is 10.2. The normalized spacial score (nSPS) is 15.0. The number of hydrogen-bond acceptors (Lipinski definition) is 7. The van der Waals surface area contributed by atoms with E-state index in [1.54, 1.807) is 6.07 Å². The number of anilines is 2. The fourth-order valence-electron chi connectivity index (χ4n) is 1.88. The van der Waals surface area contributed by atoms with Gasteiger partial charge in [-0.3, -0.25) is 0 Å². The second-order valence-electron chi connectivity index (χ2n) is 4.22. The van der Waals surface area contributed by atoms with Crippen LogP contribution in [0.2, 0.25) is 0 Å². The van der Waals surface area contributed by atoms with Crippen LogP contribution in [0, 0.1) is 0 Å². The number of nitrogen functional groups attached to an aromatic ring is 1. The third kappa shape index (κ3) is 2.24. The predicted octanol–water partition coefficient (Wildman–Crippen LogP) is 0.726. The second-order valence-corrected chi connectivity index (χ2v) is 4.22. The molecule has 2 aromatic rings. The van der Waals surface area contributed by atoms with Gasteiger partial charge >= 0.3 is 0 Å². The van der Waals surface area contributed by atoms with Gasteiger partial charge in [-0.1, -0.05) is 5.21 Å². The molecule has 0 radical (unpaired) electrons. The van der Waals surface area contributed by atoms with Crippen molar-refractivity contribution in [1.29, 1.82) is 0 Å². The van der Waals surface area contributed by atoms with Crippen LogP contribution in [0.5, 0.6) is 11.5 Å². The van der Waals surface area contributed by atoms with Gasteiger partial charge in [0.1, 0.15) is 13.2 Å². The monoisotopic (exact) mass is 262 g/mol. The molecule has 1 aromatic heterocycles. The lowest BCUT2D eigenvalue weighted by Gasteiger charge is -2.21. The zero-order valence-electron chi connectivity index (χ0n) is 10.4. The number of aromatic amines is 1. The summed E-state index contributed by atoms with van der Waals surface area (Å²) in [5.74, 6) is 1.92. The van der Waals surface area contributed by atoms with Crippen LogP contribution < -0.4 is 20.5 Å². The first-order valence-corrected chi connectivity index (χ1v) is 5.93. The van der Waals surface area contributed by atoms with E-state index in [0.29, 0.717) is 36.2 Å². The average Bonchev–Trinajstić information content (AvgIpc) is 2.93. The fourth-order valence-corrected chi connectivity index (χ4v) is 1.88. The molecular formula is C11H14N6O2. The number of rotatable bonds is 3. The minimum absolute atomic E-state index is 0.122. The number of nitrogens with one attached hydrogen (secondary N) is 2. The summed E-state index contributed by atoms with van der Waals surface area (Å²) in [6.07, 6.45) is 0. The molecule has 2 heterocycles.